The van der Waals surface area contributed by atoms with E-state index in [-0.39, 0.29) is 31.6 Å². The minimum atomic E-state index is -2.61. The average molecular weight is 291 g/mol. The van der Waals surface area contributed by atoms with Gasteiger partial charge in [-0.1, -0.05) is 11.6 Å². The van der Waals surface area contributed by atoms with E-state index in [1.807, 2.05) is 0 Å². The zero-order valence-corrected chi connectivity index (χ0v) is 11.1. The molecule has 0 saturated carbocycles. The summed E-state index contributed by atoms with van der Waals surface area (Å²) in [7, 11) is 1.25. The first-order chi connectivity index (χ1) is 8.93. The molecule has 1 aliphatic rings. The van der Waals surface area contributed by atoms with E-state index in [1.54, 1.807) is 4.90 Å². The van der Waals surface area contributed by atoms with E-state index < -0.39 is 11.9 Å². The Morgan fingerprint density at radius 1 is 1.47 bits per heavy atom. The predicted molar refractivity (Wildman–Crippen MR) is 67.0 cm³/mol. The minimum Gasteiger partial charge on any atom is -0.464 e. The molecule has 0 N–H and O–H groups in total. The largest absolute Gasteiger partial charge is 0.464 e. The van der Waals surface area contributed by atoms with Gasteiger partial charge in [-0.2, -0.15) is 0 Å². The van der Waals surface area contributed by atoms with E-state index in [9.17, 15) is 13.6 Å². The van der Waals surface area contributed by atoms with Crippen molar-refractivity contribution in [2.45, 2.75) is 18.8 Å². The highest BCUT2D eigenvalue weighted by Crippen LogP contribution is 2.33. The Bertz CT molecular complexity index is 487. The average Bonchev–Trinajstić information content (AvgIpc) is 2.38. The van der Waals surface area contributed by atoms with Gasteiger partial charge in [-0.15, -0.1) is 0 Å². The molecule has 1 aliphatic heterocycles. The summed E-state index contributed by atoms with van der Waals surface area (Å²) in [5.41, 5.74) is 0.656. The van der Waals surface area contributed by atoms with Crippen LogP contribution in [0, 0.1) is 0 Å². The van der Waals surface area contributed by atoms with Crippen molar-refractivity contribution in [3.63, 3.8) is 0 Å². The number of hydrogen-bond donors (Lipinski definition) is 0. The molecule has 0 amide bonds. The van der Waals surface area contributed by atoms with Crippen LogP contribution in [0.2, 0.25) is 5.02 Å². The number of rotatable bonds is 2. The summed E-state index contributed by atoms with van der Waals surface area (Å²) in [6.07, 6.45) is 1.00. The normalized spacial score (nSPS) is 18.2. The lowest BCUT2D eigenvalue weighted by Crippen LogP contribution is -2.39. The standard InChI is InChI=1S/C12H13ClF2N2O2/c1-19-11(18)9-6-8(13)10(7-16-9)17-4-2-12(14,15)3-5-17/h6-7H,2-5H2,1H3. The number of nitrogens with zero attached hydrogens (tertiary/aromatic N) is 2. The van der Waals surface area contributed by atoms with Gasteiger partial charge in [0, 0.05) is 25.9 Å². The van der Waals surface area contributed by atoms with Crippen molar-refractivity contribution in [3.05, 3.63) is 23.0 Å². The molecular weight excluding hydrogens is 278 g/mol. The molecule has 0 radical (unpaired) electrons. The molecular formula is C12H13ClF2N2O2. The van der Waals surface area contributed by atoms with Crippen LogP contribution in [0.1, 0.15) is 23.3 Å². The Hall–Kier alpha value is -1.43. The lowest BCUT2D eigenvalue weighted by atomic mass is 10.1. The fraction of sp³-hybridized carbons (Fsp3) is 0.500. The van der Waals surface area contributed by atoms with Crippen molar-refractivity contribution in [2.75, 3.05) is 25.1 Å². The molecule has 0 bridgehead atoms. The number of hydrogen-bond acceptors (Lipinski definition) is 4. The Labute approximate surface area is 114 Å². The van der Waals surface area contributed by atoms with E-state index in [2.05, 4.69) is 9.72 Å². The molecule has 0 atom stereocenters. The molecule has 2 heterocycles. The second-order valence-corrected chi connectivity index (χ2v) is 4.76. The Kier molecular flexibility index (Phi) is 3.89. The van der Waals surface area contributed by atoms with Crippen LogP contribution in [-0.2, 0) is 4.74 Å². The molecule has 4 nitrogen and oxygen atoms in total. The summed E-state index contributed by atoms with van der Waals surface area (Å²) in [6.45, 7) is 0.429. The summed E-state index contributed by atoms with van der Waals surface area (Å²) in [5, 5.41) is 0.306. The van der Waals surface area contributed by atoms with Crippen LogP contribution in [0.5, 0.6) is 0 Å². The van der Waals surface area contributed by atoms with Gasteiger partial charge in [-0.3, -0.25) is 0 Å². The summed E-state index contributed by atoms with van der Waals surface area (Å²) in [6, 6.07) is 1.38. The summed E-state index contributed by atoms with van der Waals surface area (Å²) in [5.74, 6) is -3.19. The molecule has 1 aromatic heterocycles. The maximum atomic E-state index is 13.1. The summed E-state index contributed by atoms with van der Waals surface area (Å²) < 4.78 is 30.7. The maximum absolute atomic E-state index is 13.1. The molecule has 0 spiro atoms. The van der Waals surface area contributed by atoms with Gasteiger partial charge < -0.3 is 9.64 Å². The second-order valence-electron chi connectivity index (χ2n) is 4.36. The van der Waals surface area contributed by atoms with Gasteiger partial charge in [0.25, 0.3) is 5.92 Å². The van der Waals surface area contributed by atoms with Crippen LogP contribution in [0.15, 0.2) is 12.3 Å². The van der Waals surface area contributed by atoms with Crippen LogP contribution >= 0.6 is 11.6 Å². The highest BCUT2D eigenvalue weighted by atomic mass is 35.5. The van der Waals surface area contributed by atoms with E-state index >= 15 is 0 Å². The Morgan fingerprint density at radius 2 is 2.11 bits per heavy atom. The van der Waals surface area contributed by atoms with Gasteiger partial charge in [-0.05, 0) is 6.07 Å². The van der Waals surface area contributed by atoms with Crippen molar-refractivity contribution in [1.29, 1.82) is 0 Å². The summed E-state index contributed by atoms with van der Waals surface area (Å²) >= 11 is 6.06. The van der Waals surface area contributed by atoms with Crippen molar-refractivity contribution in [2.24, 2.45) is 0 Å². The van der Waals surface area contributed by atoms with Crippen LogP contribution in [0.25, 0.3) is 0 Å². The zero-order valence-electron chi connectivity index (χ0n) is 10.3. The third-order valence-electron chi connectivity index (χ3n) is 3.06. The third kappa shape index (κ3) is 3.12. The van der Waals surface area contributed by atoms with E-state index in [4.69, 9.17) is 11.6 Å². The number of halogens is 3. The number of alkyl halides is 2. The van der Waals surface area contributed by atoms with Gasteiger partial charge in [0.15, 0.2) is 0 Å². The fourth-order valence-electron chi connectivity index (χ4n) is 1.95. The van der Waals surface area contributed by atoms with Crippen LogP contribution in [-0.4, -0.2) is 37.1 Å². The molecule has 1 fully saturated rings. The van der Waals surface area contributed by atoms with Crippen LogP contribution < -0.4 is 4.90 Å². The number of methoxy groups -OCH3 is 1. The first kappa shape index (κ1) is 14.0. The number of anilines is 1. The van der Waals surface area contributed by atoms with Gasteiger partial charge in [0.05, 0.1) is 24.0 Å². The SMILES string of the molecule is COC(=O)c1cc(Cl)c(N2CCC(F)(F)CC2)cn1. The number of piperidine rings is 1. The second kappa shape index (κ2) is 5.28. The predicted octanol–water partition coefficient (Wildman–Crippen LogP) is 2.76. The van der Waals surface area contributed by atoms with Gasteiger partial charge >= 0.3 is 5.97 Å². The topological polar surface area (TPSA) is 42.4 Å². The van der Waals surface area contributed by atoms with Gasteiger partial charge in [0.2, 0.25) is 0 Å². The quantitative estimate of drug-likeness (QED) is 0.786. The lowest BCUT2D eigenvalue weighted by Gasteiger charge is -2.33. The number of carbonyl (C=O) groups is 1. The van der Waals surface area contributed by atoms with E-state index in [1.165, 1.54) is 19.4 Å². The molecule has 19 heavy (non-hydrogen) atoms. The first-order valence-electron chi connectivity index (χ1n) is 5.79. The first-order valence-corrected chi connectivity index (χ1v) is 6.17. The number of pyridine rings is 1. The minimum absolute atomic E-state index is 0.0959. The molecule has 2 rings (SSSR count). The number of aromatic nitrogens is 1. The molecule has 1 saturated heterocycles. The highest BCUT2D eigenvalue weighted by Gasteiger charge is 2.34. The number of ether oxygens (including phenoxy) is 1. The van der Waals surface area contributed by atoms with Crippen molar-refractivity contribution in [3.8, 4) is 0 Å². The van der Waals surface area contributed by atoms with E-state index in [0.717, 1.165) is 0 Å². The Morgan fingerprint density at radius 3 is 2.63 bits per heavy atom. The smallest absolute Gasteiger partial charge is 0.356 e. The van der Waals surface area contributed by atoms with Crippen molar-refractivity contribution in [1.82, 2.24) is 4.98 Å². The van der Waals surface area contributed by atoms with Crippen molar-refractivity contribution < 1.29 is 18.3 Å². The maximum Gasteiger partial charge on any atom is 0.356 e. The molecule has 0 aromatic carbocycles. The van der Waals surface area contributed by atoms with Gasteiger partial charge in [-0.25, -0.2) is 18.6 Å². The number of carbonyl (C=O) groups excluding carboxylic acids is 1. The molecule has 104 valence electrons. The van der Waals surface area contributed by atoms with Gasteiger partial charge in [0.1, 0.15) is 5.69 Å². The number of esters is 1. The van der Waals surface area contributed by atoms with E-state index in [0.29, 0.717) is 10.7 Å². The highest BCUT2D eigenvalue weighted by molar-refractivity contribution is 6.33. The van der Waals surface area contributed by atoms with Crippen LogP contribution in [0.3, 0.4) is 0 Å². The molecule has 0 unspecified atom stereocenters. The fourth-order valence-corrected chi connectivity index (χ4v) is 2.22. The molecule has 7 heteroatoms. The summed E-state index contributed by atoms with van der Waals surface area (Å²) in [4.78, 5) is 17.0. The monoisotopic (exact) mass is 290 g/mol. The molecule has 0 aliphatic carbocycles. The van der Waals surface area contributed by atoms with Crippen LogP contribution in [0.4, 0.5) is 14.5 Å². The zero-order chi connectivity index (χ0) is 14.0. The molecule has 1 aromatic rings. The lowest BCUT2D eigenvalue weighted by molar-refractivity contribution is -0.0220. The Balaban J connectivity index is 2.16. The van der Waals surface area contributed by atoms with Crippen molar-refractivity contribution >= 4 is 23.3 Å². The third-order valence-corrected chi connectivity index (χ3v) is 3.37.